The minimum Gasteiger partial charge on any atom is -0.395 e. The molecule has 0 aliphatic heterocycles. The summed E-state index contributed by atoms with van der Waals surface area (Å²) in [7, 11) is -11.4. The first kappa shape index (κ1) is 34.3. The van der Waals surface area contributed by atoms with E-state index in [0.717, 1.165) is 9.87 Å². The highest BCUT2D eigenvalue weighted by atomic mass is 32.2. The molecule has 3 aromatic carbocycles. The minimum atomic E-state index is -3.88. The first-order chi connectivity index (χ1) is 18.2. The van der Waals surface area contributed by atoms with E-state index in [4.69, 9.17) is 19.3 Å². The number of aliphatic hydroxyl groups is 2. The highest BCUT2D eigenvalue weighted by Crippen LogP contribution is 2.15. The van der Waals surface area contributed by atoms with Crippen LogP contribution in [0.3, 0.4) is 0 Å². The predicted molar refractivity (Wildman–Crippen MR) is 147 cm³/mol. The van der Waals surface area contributed by atoms with Gasteiger partial charge in [0.05, 0.1) is 18.1 Å². The Kier molecular flexibility index (Phi) is 14.5. The molecule has 0 heterocycles. The topological polar surface area (TPSA) is 187 Å². The monoisotopic (exact) mass is 603 g/mol. The smallest absolute Gasteiger partial charge is 0.269 e. The van der Waals surface area contributed by atoms with Crippen LogP contribution in [0, 0.1) is 6.92 Å². The summed E-state index contributed by atoms with van der Waals surface area (Å²) in [5, 5.41) is 17.7. The maximum absolute atomic E-state index is 12.1. The van der Waals surface area contributed by atoms with Gasteiger partial charge in [0.25, 0.3) is 20.2 Å². The van der Waals surface area contributed by atoms with E-state index in [1.807, 2.05) is 6.92 Å². The van der Waals surface area contributed by atoms with E-state index in [1.54, 1.807) is 72.8 Å². The van der Waals surface area contributed by atoms with Crippen LogP contribution in [0.5, 0.6) is 0 Å². The molecule has 14 heteroatoms. The van der Waals surface area contributed by atoms with Crippen molar-refractivity contribution in [2.45, 2.75) is 23.3 Å². The molecule has 3 aromatic rings. The Morgan fingerprint density at radius 3 is 1.26 bits per heavy atom. The lowest BCUT2D eigenvalue weighted by molar-refractivity contribution is 0.217. The normalized spacial score (nSPS) is 11.6. The van der Waals surface area contributed by atoms with E-state index in [9.17, 15) is 25.3 Å². The van der Waals surface area contributed by atoms with E-state index < -0.39 is 30.3 Å². The lowest BCUT2D eigenvalue weighted by Gasteiger charge is -2.20. The molecule has 0 fully saturated rings. The number of benzene rings is 3. The predicted octanol–water partition coefficient (Wildman–Crippen LogP) is 2.12. The lowest BCUT2D eigenvalue weighted by atomic mass is 10.2. The molecule has 11 nitrogen and oxygen atoms in total. The maximum Gasteiger partial charge on any atom is 0.269 e. The highest BCUT2D eigenvalue weighted by Gasteiger charge is 2.23. The third-order valence-corrected chi connectivity index (χ3v) is 8.05. The molecule has 0 spiro atoms. The number of hydrogen-bond acceptors (Lipinski definition) is 8. The average molecular weight is 604 g/mol. The summed E-state index contributed by atoms with van der Waals surface area (Å²) in [5.74, 6) is -0.623. The zero-order valence-electron chi connectivity index (χ0n) is 21.2. The van der Waals surface area contributed by atoms with Gasteiger partial charge in [-0.2, -0.15) is 21.1 Å². The molecule has 0 saturated carbocycles. The Hall–Kier alpha value is -2.69. The van der Waals surface area contributed by atoms with Crippen molar-refractivity contribution >= 4 is 30.3 Å². The van der Waals surface area contributed by atoms with Crippen molar-refractivity contribution in [2.75, 3.05) is 26.3 Å². The second-order valence-electron chi connectivity index (χ2n) is 8.09. The number of aryl methyl sites for hydroxylation is 1. The quantitative estimate of drug-likeness (QED) is 0.250. The van der Waals surface area contributed by atoms with Crippen LogP contribution in [-0.4, -0.2) is 75.2 Å². The molecule has 3 rings (SSSR count). The highest BCUT2D eigenvalue weighted by molar-refractivity contribution is 7.89. The van der Waals surface area contributed by atoms with Gasteiger partial charge in [0.2, 0.25) is 10.0 Å². The molecule has 216 valence electrons. The maximum atomic E-state index is 12.1. The zero-order valence-corrected chi connectivity index (χ0v) is 23.7. The van der Waals surface area contributed by atoms with Crippen LogP contribution in [0.15, 0.2) is 89.8 Å². The van der Waals surface area contributed by atoms with E-state index in [1.165, 1.54) is 12.1 Å². The Balaban J connectivity index is 0.000000304. The minimum absolute atomic E-state index is 0.0171. The molecule has 0 atom stereocenters. The second kappa shape index (κ2) is 16.4. The molecule has 0 amide bonds. The van der Waals surface area contributed by atoms with Gasteiger partial charge in [-0.25, -0.2) is 8.42 Å². The summed E-state index contributed by atoms with van der Waals surface area (Å²) >= 11 is 0. The summed E-state index contributed by atoms with van der Waals surface area (Å²) in [4.78, 5) is 0.171. The third kappa shape index (κ3) is 14.9. The van der Waals surface area contributed by atoms with Gasteiger partial charge in [-0.1, -0.05) is 78.4 Å². The summed E-state index contributed by atoms with van der Waals surface area (Å²) in [6.45, 7) is 1.29. The number of hydrogen-bond donors (Lipinski definition) is 4. The van der Waals surface area contributed by atoms with Gasteiger partial charge >= 0.3 is 0 Å². The Labute approximate surface area is 229 Å². The zero-order chi connectivity index (χ0) is 29.5. The van der Waals surface area contributed by atoms with Crippen molar-refractivity contribution in [1.82, 2.24) is 4.31 Å². The van der Waals surface area contributed by atoms with Crippen molar-refractivity contribution in [1.29, 1.82) is 0 Å². The number of aliphatic hydroxyl groups excluding tert-OH is 2. The summed E-state index contributed by atoms with van der Waals surface area (Å²) in [6, 6.07) is 23.5. The van der Waals surface area contributed by atoms with Gasteiger partial charge in [0.15, 0.2) is 0 Å². The molecule has 0 aromatic heterocycles. The van der Waals surface area contributed by atoms with Crippen LogP contribution in [0.25, 0.3) is 0 Å². The molecule has 0 radical (unpaired) electrons. The summed E-state index contributed by atoms with van der Waals surface area (Å²) in [6.07, 6.45) is 0. The van der Waals surface area contributed by atoms with Crippen LogP contribution >= 0.6 is 0 Å². The van der Waals surface area contributed by atoms with Gasteiger partial charge in [-0.15, -0.1) is 0 Å². The van der Waals surface area contributed by atoms with Crippen LogP contribution in [0.1, 0.15) is 16.7 Å². The van der Waals surface area contributed by atoms with E-state index in [-0.39, 0.29) is 42.7 Å². The standard InChI is InChI=1S/C11H17NO4S.2C7H8O3S/c1-10-2-4-11(5-3-10)17(15,16)12(6-8-13)7-9-14;2*8-11(9,10)6-7-4-2-1-3-5-7/h2-5,13-14H,6-9H2,1H3;2*1-5H,6H2,(H,8,9,10). The fraction of sp³-hybridized carbons (Fsp3) is 0.280. The number of nitrogens with zero attached hydrogens (tertiary/aromatic N) is 1. The first-order valence-electron chi connectivity index (χ1n) is 11.4. The molecule has 0 unspecified atom stereocenters. The number of sulfonamides is 1. The van der Waals surface area contributed by atoms with Crippen molar-refractivity contribution in [3.63, 3.8) is 0 Å². The van der Waals surface area contributed by atoms with Gasteiger partial charge in [0, 0.05) is 13.1 Å². The molecule has 0 saturated heterocycles. The molecule has 0 aliphatic carbocycles. The van der Waals surface area contributed by atoms with E-state index in [2.05, 4.69) is 0 Å². The average Bonchev–Trinajstić information content (AvgIpc) is 2.84. The third-order valence-electron chi connectivity index (χ3n) is 4.74. The van der Waals surface area contributed by atoms with Crippen LogP contribution in [0.2, 0.25) is 0 Å². The molecule has 0 bridgehead atoms. The largest absolute Gasteiger partial charge is 0.395 e. The summed E-state index contributed by atoms with van der Waals surface area (Å²) in [5.41, 5.74) is 2.16. The van der Waals surface area contributed by atoms with Crippen LogP contribution in [-0.2, 0) is 41.8 Å². The van der Waals surface area contributed by atoms with Gasteiger partial charge in [0.1, 0.15) is 11.5 Å². The SMILES string of the molecule is Cc1ccc(S(=O)(=O)N(CCO)CCO)cc1.O=S(=O)(O)Cc1ccccc1.O=S(=O)(O)Cc1ccccc1. The lowest BCUT2D eigenvalue weighted by Crippen LogP contribution is -2.35. The Morgan fingerprint density at radius 1 is 0.590 bits per heavy atom. The summed E-state index contributed by atoms with van der Waals surface area (Å²) < 4.78 is 83.6. The first-order valence-corrected chi connectivity index (χ1v) is 16.1. The van der Waals surface area contributed by atoms with E-state index in [0.29, 0.717) is 11.1 Å². The van der Waals surface area contributed by atoms with Crippen molar-refractivity contribution in [3.8, 4) is 0 Å². The fourth-order valence-electron chi connectivity index (χ4n) is 3.00. The van der Waals surface area contributed by atoms with Crippen LogP contribution in [0.4, 0.5) is 0 Å². The molecular weight excluding hydrogens is 570 g/mol. The molecule has 0 aliphatic rings. The van der Waals surface area contributed by atoms with Gasteiger partial charge < -0.3 is 10.2 Å². The van der Waals surface area contributed by atoms with Gasteiger partial charge in [-0.05, 0) is 30.2 Å². The molecule has 4 N–H and O–H groups in total. The van der Waals surface area contributed by atoms with E-state index >= 15 is 0 Å². The molecular formula is C25H33NO10S3. The van der Waals surface area contributed by atoms with Crippen molar-refractivity contribution in [2.24, 2.45) is 0 Å². The second-order valence-corrected chi connectivity index (χ2v) is 12.9. The van der Waals surface area contributed by atoms with Crippen molar-refractivity contribution in [3.05, 3.63) is 102 Å². The Morgan fingerprint density at radius 2 is 0.949 bits per heavy atom. The Bertz CT molecular complexity index is 1350. The number of rotatable bonds is 10. The van der Waals surface area contributed by atoms with Crippen molar-refractivity contribution < 1.29 is 44.6 Å². The van der Waals surface area contributed by atoms with Crippen LogP contribution < -0.4 is 0 Å². The van der Waals surface area contributed by atoms with Gasteiger partial charge in [-0.3, -0.25) is 9.11 Å². The fourth-order valence-corrected chi connectivity index (χ4v) is 5.65. The molecule has 39 heavy (non-hydrogen) atoms.